The number of hydrogen-bond acceptors (Lipinski definition) is 6. The van der Waals surface area contributed by atoms with Crippen LogP contribution in [-0.4, -0.2) is 27.7 Å². The van der Waals surface area contributed by atoms with Gasteiger partial charge in [-0.15, -0.1) is 0 Å². The monoisotopic (exact) mass is 265 g/mol. The predicted octanol–water partition coefficient (Wildman–Crippen LogP) is 1.24. The van der Waals surface area contributed by atoms with E-state index in [0.717, 1.165) is 12.8 Å². The summed E-state index contributed by atoms with van der Waals surface area (Å²) in [7, 11) is 0. The summed E-state index contributed by atoms with van der Waals surface area (Å²) in [5.41, 5.74) is 2.39. The van der Waals surface area contributed by atoms with Crippen LogP contribution in [-0.2, 0) is 5.41 Å². The molecule has 0 aliphatic heterocycles. The maximum absolute atomic E-state index is 9.86. The molecular weight excluding hydrogens is 242 g/mol. The van der Waals surface area contributed by atoms with Crippen LogP contribution in [0.5, 0.6) is 0 Å². The fraction of sp³-hybridized carbons (Fsp3) is 0.692. The van der Waals surface area contributed by atoms with Gasteiger partial charge in [0.1, 0.15) is 17.5 Å². The lowest BCUT2D eigenvalue weighted by Crippen LogP contribution is -2.24. The zero-order chi connectivity index (χ0) is 14.0. The summed E-state index contributed by atoms with van der Waals surface area (Å²) < 4.78 is 0. The third kappa shape index (κ3) is 3.78. The normalized spacial score (nSPS) is 17.1. The number of nitrogens with two attached hydrogens (primary N) is 1. The number of aromatic nitrogens is 2. The second kappa shape index (κ2) is 5.30. The van der Waals surface area contributed by atoms with E-state index in [4.69, 9.17) is 5.84 Å². The van der Waals surface area contributed by atoms with Crippen molar-refractivity contribution in [1.29, 1.82) is 0 Å². The van der Waals surface area contributed by atoms with Crippen LogP contribution in [0.2, 0.25) is 0 Å². The summed E-state index contributed by atoms with van der Waals surface area (Å²) in [5, 5.41) is 13.0. The molecule has 1 heterocycles. The highest BCUT2D eigenvalue weighted by atomic mass is 16.3. The lowest BCUT2D eigenvalue weighted by molar-refractivity contribution is 0.164. The first-order valence-corrected chi connectivity index (χ1v) is 6.68. The van der Waals surface area contributed by atoms with E-state index in [1.54, 1.807) is 6.07 Å². The van der Waals surface area contributed by atoms with Crippen molar-refractivity contribution >= 4 is 11.6 Å². The molecule has 19 heavy (non-hydrogen) atoms. The van der Waals surface area contributed by atoms with E-state index >= 15 is 0 Å². The highest BCUT2D eigenvalue weighted by molar-refractivity contribution is 5.47. The van der Waals surface area contributed by atoms with Crippen LogP contribution in [0, 0.1) is 5.92 Å². The zero-order valence-electron chi connectivity index (χ0n) is 11.8. The number of rotatable bonds is 5. The van der Waals surface area contributed by atoms with Crippen molar-refractivity contribution in [3.8, 4) is 0 Å². The molecule has 0 amide bonds. The summed E-state index contributed by atoms with van der Waals surface area (Å²) >= 11 is 0. The highest BCUT2D eigenvalue weighted by Gasteiger charge is 2.29. The van der Waals surface area contributed by atoms with Gasteiger partial charge in [-0.1, -0.05) is 20.8 Å². The fourth-order valence-electron chi connectivity index (χ4n) is 1.80. The summed E-state index contributed by atoms with van der Waals surface area (Å²) in [4.78, 5) is 8.82. The lowest BCUT2D eigenvalue weighted by Gasteiger charge is -2.19. The van der Waals surface area contributed by atoms with E-state index < -0.39 is 0 Å². The number of hydrazine groups is 1. The van der Waals surface area contributed by atoms with Gasteiger partial charge in [-0.25, -0.2) is 15.8 Å². The van der Waals surface area contributed by atoms with Gasteiger partial charge in [0.25, 0.3) is 0 Å². The smallest absolute Gasteiger partial charge is 0.145 e. The highest BCUT2D eigenvalue weighted by Crippen LogP contribution is 2.32. The third-order valence-corrected chi connectivity index (χ3v) is 3.20. The van der Waals surface area contributed by atoms with E-state index in [1.165, 1.54) is 0 Å². The van der Waals surface area contributed by atoms with E-state index in [2.05, 4.69) is 20.7 Å². The Morgan fingerprint density at radius 1 is 1.37 bits per heavy atom. The van der Waals surface area contributed by atoms with Gasteiger partial charge < -0.3 is 15.8 Å². The van der Waals surface area contributed by atoms with Crippen molar-refractivity contribution in [2.24, 2.45) is 11.8 Å². The first-order chi connectivity index (χ1) is 8.90. The maximum Gasteiger partial charge on any atom is 0.145 e. The molecule has 0 saturated heterocycles. The van der Waals surface area contributed by atoms with Gasteiger partial charge in [0, 0.05) is 18.0 Å². The van der Waals surface area contributed by atoms with Crippen LogP contribution in [0.25, 0.3) is 0 Å². The van der Waals surface area contributed by atoms with Crippen LogP contribution in [0.15, 0.2) is 6.07 Å². The summed E-state index contributed by atoms with van der Waals surface area (Å²) in [5.74, 6) is 7.85. The Kier molecular flexibility index (Phi) is 3.91. The average Bonchev–Trinajstić information content (AvgIpc) is 3.18. The Labute approximate surface area is 113 Å². The molecule has 6 nitrogen and oxygen atoms in total. The summed E-state index contributed by atoms with van der Waals surface area (Å²) in [6.07, 6.45) is 1.94. The lowest BCUT2D eigenvalue weighted by atomic mass is 9.96. The van der Waals surface area contributed by atoms with Crippen molar-refractivity contribution in [2.45, 2.75) is 45.1 Å². The Morgan fingerprint density at radius 2 is 2.00 bits per heavy atom. The van der Waals surface area contributed by atoms with Crippen LogP contribution >= 0.6 is 0 Å². The van der Waals surface area contributed by atoms with Gasteiger partial charge in [-0.3, -0.25) is 0 Å². The van der Waals surface area contributed by atoms with E-state index in [1.807, 2.05) is 20.8 Å². The summed E-state index contributed by atoms with van der Waals surface area (Å²) in [6, 6.07) is 1.74. The van der Waals surface area contributed by atoms with Crippen molar-refractivity contribution in [3.05, 3.63) is 11.9 Å². The number of hydrogen-bond donors (Lipinski definition) is 4. The molecule has 2 rings (SSSR count). The molecule has 1 saturated carbocycles. The third-order valence-electron chi connectivity index (χ3n) is 3.20. The molecule has 1 aromatic heterocycles. The minimum Gasteiger partial charge on any atom is -0.391 e. The number of nitrogens with one attached hydrogen (secondary N) is 2. The minimum atomic E-state index is -0.303. The topological polar surface area (TPSA) is 96.1 Å². The first-order valence-electron chi connectivity index (χ1n) is 6.68. The SMILES string of the molecule is CC(C)(C)c1nc(NN)cc(NCC(O)C2CC2)n1. The molecule has 1 unspecified atom stereocenters. The molecule has 5 N–H and O–H groups in total. The van der Waals surface area contributed by atoms with Gasteiger partial charge in [-0.05, 0) is 18.8 Å². The van der Waals surface area contributed by atoms with Crippen LogP contribution in [0.3, 0.4) is 0 Å². The molecular formula is C13H23N5O. The second-order valence-corrected chi connectivity index (χ2v) is 6.14. The number of aliphatic hydroxyl groups excluding tert-OH is 1. The van der Waals surface area contributed by atoms with Gasteiger partial charge >= 0.3 is 0 Å². The minimum absolute atomic E-state index is 0.154. The van der Waals surface area contributed by atoms with Gasteiger partial charge in [0.2, 0.25) is 0 Å². The second-order valence-electron chi connectivity index (χ2n) is 6.14. The van der Waals surface area contributed by atoms with Crippen molar-refractivity contribution in [1.82, 2.24) is 9.97 Å². The number of aliphatic hydroxyl groups is 1. The Hall–Kier alpha value is -1.40. The molecule has 1 fully saturated rings. The molecule has 1 aliphatic rings. The van der Waals surface area contributed by atoms with Crippen LogP contribution in [0.1, 0.15) is 39.4 Å². The molecule has 106 valence electrons. The Bertz CT molecular complexity index is 439. The molecule has 0 spiro atoms. The molecule has 6 heteroatoms. The van der Waals surface area contributed by atoms with E-state index in [-0.39, 0.29) is 11.5 Å². The van der Waals surface area contributed by atoms with Crippen molar-refractivity contribution < 1.29 is 5.11 Å². The van der Waals surface area contributed by atoms with Crippen molar-refractivity contribution in [3.63, 3.8) is 0 Å². The zero-order valence-corrected chi connectivity index (χ0v) is 11.8. The fourth-order valence-corrected chi connectivity index (χ4v) is 1.80. The predicted molar refractivity (Wildman–Crippen MR) is 75.8 cm³/mol. The summed E-state index contributed by atoms with van der Waals surface area (Å²) in [6.45, 7) is 6.65. The van der Waals surface area contributed by atoms with Gasteiger partial charge in [0.15, 0.2) is 0 Å². The van der Waals surface area contributed by atoms with Gasteiger partial charge in [-0.2, -0.15) is 0 Å². The maximum atomic E-state index is 9.86. The Balaban J connectivity index is 2.09. The number of anilines is 2. The number of nitrogens with zero attached hydrogens (tertiary/aromatic N) is 2. The molecule has 0 radical (unpaired) electrons. The molecule has 1 aromatic rings. The van der Waals surface area contributed by atoms with Crippen LogP contribution < -0.4 is 16.6 Å². The Morgan fingerprint density at radius 3 is 2.53 bits per heavy atom. The first kappa shape index (κ1) is 14.0. The van der Waals surface area contributed by atoms with E-state index in [9.17, 15) is 5.11 Å². The average molecular weight is 265 g/mol. The quantitative estimate of drug-likeness (QED) is 0.472. The molecule has 0 bridgehead atoms. The standard InChI is InChI=1S/C13H23N5O/c1-13(2,3)12-16-10(6-11(17-12)18-14)15-7-9(19)8-4-5-8/h6,8-9,19H,4-5,7,14H2,1-3H3,(H2,15,16,17,18). The molecule has 1 aliphatic carbocycles. The number of nitrogen functional groups attached to an aromatic ring is 1. The van der Waals surface area contributed by atoms with Crippen LogP contribution in [0.4, 0.5) is 11.6 Å². The largest absolute Gasteiger partial charge is 0.391 e. The van der Waals surface area contributed by atoms with E-state index in [0.29, 0.717) is 29.9 Å². The van der Waals surface area contributed by atoms with Gasteiger partial charge in [0.05, 0.1) is 6.10 Å². The molecule has 0 aromatic carbocycles. The molecule has 1 atom stereocenters. The van der Waals surface area contributed by atoms with Crippen molar-refractivity contribution in [2.75, 3.05) is 17.3 Å².